The average molecular weight is 257 g/mol. The van der Waals surface area contributed by atoms with Crippen LogP contribution in [0.15, 0.2) is 0 Å². The largest absolute Gasteiger partial charge is 0.271 e. The lowest BCUT2D eigenvalue weighted by atomic mass is 9.97. The molecule has 0 radical (unpaired) electrons. The molecule has 0 amide bonds. The minimum absolute atomic E-state index is 0.389. The summed E-state index contributed by atoms with van der Waals surface area (Å²) in [6.45, 7) is 4.21. The number of thioether (sulfide) groups is 1. The predicted octanol–water partition coefficient (Wildman–Crippen LogP) is 1.89. The molecule has 3 N–H and O–H groups in total. The molecule has 0 aliphatic carbocycles. The minimum Gasteiger partial charge on any atom is -0.271 e. The number of hydrazine groups is 1. The van der Waals surface area contributed by atoms with Crippen molar-refractivity contribution in [3.8, 4) is 0 Å². The molecule has 90 valence electrons. The normalized spacial score (nSPS) is 22.6. The quantitative estimate of drug-likeness (QED) is 0.639. The summed E-state index contributed by atoms with van der Waals surface area (Å²) >= 11 is 3.84. The van der Waals surface area contributed by atoms with Crippen molar-refractivity contribution in [2.45, 2.75) is 32.7 Å². The van der Waals surface area contributed by atoms with Gasteiger partial charge in [-0.3, -0.25) is 11.3 Å². The second kappa shape index (κ2) is 5.49. The van der Waals surface area contributed by atoms with Gasteiger partial charge in [-0.15, -0.1) is 11.3 Å². The molecule has 0 bridgehead atoms. The van der Waals surface area contributed by atoms with Crippen LogP contribution < -0.4 is 11.3 Å². The molecule has 1 saturated heterocycles. The predicted molar refractivity (Wildman–Crippen MR) is 71.8 cm³/mol. The molecule has 2 unspecified atom stereocenters. The van der Waals surface area contributed by atoms with E-state index in [4.69, 9.17) is 5.84 Å². The number of nitrogens with one attached hydrogen (secondary N) is 1. The molecule has 5 heteroatoms. The van der Waals surface area contributed by atoms with E-state index in [9.17, 15) is 0 Å². The highest BCUT2D eigenvalue weighted by molar-refractivity contribution is 7.99. The maximum absolute atomic E-state index is 5.66. The Morgan fingerprint density at radius 1 is 1.56 bits per heavy atom. The molecule has 1 aliphatic rings. The zero-order chi connectivity index (χ0) is 11.5. The van der Waals surface area contributed by atoms with E-state index in [0.29, 0.717) is 12.0 Å². The fraction of sp³-hybridized carbons (Fsp3) is 0.727. The Hall–Kier alpha value is -0.100. The third kappa shape index (κ3) is 2.77. The number of aromatic nitrogens is 1. The summed E-state index contributed by atoms with van der Waals surface area (Å²) in [5, 5.41) is 1.22. The first-order valence-electron chi connectivity index (χ1n) is 5.67. The van der Waals surface area contributed by atoms with E-state index in [1.165, 1.54) is 27.8 Å². The van der Waals surface area contributed by atoms with Gasteiger partial charge >= 0.3 is 0 Å². The fourth-order valence-electron chi connectivity index (χ4n) is 2.05. The van der Waals surface area contributed by atoms with Crippen molar-refractivity contribution in [2.75, 3.05) is 11.5 Å². The van der Waals surface area contributed by atoms with Gasteiger partial charge in [-0.05, 0) is 37.7 Å². The van der Waals surface area contributed by atoms with Gasteiger partial charge in [0.05, 0.1) is 10.7 Å². The standard InChI is InChI=1S/C11H19N3S2/c1-7-8(2)16-11(13-7)5-10(14-12)9-3-4-15-6-9/h9-10,14H,3-6,12H2,1-2H3. The zero-order valence-electron chi connectivity index (χ0n) is 9.82. The van der Waals surface area contributed by atoms with Crippen LogP contribution in [-0.4, -0.2) is 22.5 Å². The zero-order valence-corrected chi connectivity index (χ0v) is 11.5. The molecule has 1 aromatic heterocycles. The highest BCUT2D eigenvalue weighted by Gasteiger charge is 2.25. The van der Waals surface area contributed by atoms with Crippen LogP contribution in [0.2, 0.25) is 0 Å². The van der Waals surface area contributed by atoms with Crippen molar-refractivity contribution in [1.82, 2.24) is 10.4 Å². The van der Waals surface area contributed by atoms with Gasteiger partial charge in [-0.2, -0.15) is 11.8 Å². The van der Waals surface area contributed by atoms with Crippen LogP contribution in [0.5, 0.6) is 0 Å². The van der Waals surface area contributed by atoms with E-state index in [-0.39, 0.29) is 0 Å². The van der Waals surface area contributed by atoms with Gasteiger partial charge in [0, 0.05) is 17.3 Å². The summed E-state index contributed by atoms with van der Waals surface area (Å²) in [5.41, 5.74) is 4.14. The number of rotatable bonds is 4. The Labute approximate surface area is 105 Å². The maximum Gasteiger partial charge on any atom is 0.0947 e. The average Bonchev–Trinajstić information content (AvgIpc) is 2.86. The molecule has 2 heterocycles. The van der Waals surface area contributed by atoms with E-state index in [2.05, 4.69) is 24.3 Å². The van der Waals surface area contributed by atoms with Crippen molar-refractivity contribution in [2.24, 2.45) is 11.8 Å². The van der Waals surface area contributed by atoms with Gasteiger partial charge < -0.3 is 0 Å². The Balaban J connectivity index is 2.00. The second-order valence-corrected chi connectivity index (χ2v) is 6.79. The van der Waals surface area contributed by atoms with Crippen molar-refractivity contribution in [3.05, 3.63) is 15.6 Å². The van der Waals surface area contributed by atoms with Crippen molar-refractivity contribution in [3.63, 3.8) is 0 Å². The van der Waals surface area contributed by atoms with Crippen molar-refractivity contribution in [1.29, 1.82) is 0 Å². The summed E-state index contributed by atoms with van der Waals surface area (Å²) in [5.74, 6) is 8.88. The van der Waals surface area contributed by atoms with Crippen LogP contribution in [0.3, 0.4) is 0 Å². The van der Waals surface area contributed by atoms with Gasteiger partial charge in [0.2, 0.25) is 0 Å². The van der Waals surface area contributed by atoms with Crippen LogP contribution in [-0.2, 0) is 6.42 Å². The first-order valence-corrected chi connectivity index (χ1v) is 7.64. The Bertz CT molecular complexity index is 325. The Morgan fingerprint density at radius 2 is 2.38 bits per heavy atom. The molecule has 0 spiro atoms. The first-order chi connectivity index (χ1) is 7.70. The van der Waals surface area contributed by atoms with Crippen LogP contribution >= 0.6 is 23.1 Å². The van der Waals surface area contributed by atoms with Crippen LogP contribution in [0, 0.1) is 19.8 Å². The first kappa shape index (κ1) is 12.4. The van der Waals surface area contributed by atoms with E-state index < -0.39 is 0 Å². The van der Waals surface area contributed by atoms with Crippen LogP contribution in [0.4, 0.5) is 0 Å². The fourth-order valence-corrected chi connectivity index (χ4v) is 4.38. The van der Waals surface area contributed by atoms with Crippen LogP contribution in [0.1, 0.15) is 22.0 Å². The SMILES string of the molecule is Cc1nc(CC(NN)C2CCSC2)sc1C. The van der Waals surface area contributed by atoms with E-state index in [1.807, 2.05) is 11.8 Å². The third-order valence-corrected chi connectivity index (χ3v) is 5.50. The summed E-state index contributed by atoms with van der Waals surface area (Å²) in [7, 11) is 0. The molecular weight excluding hydrogens is 238 g/mol. The number of aryl methyl sites for hydroxylation is 2. The lowest BCUT2D eigenvalue weighted by Gasteiger charge is -2.20. The molecule has 1 aromatic rings. The molecule has 16 heavy (non-hydrogen) atoms. The number of nitrogens with zero attached hydrogens (tertiary/aromatic N) is 1. The smallest absolute Gasteiger partial charge is 0.0947 e. The Morgan fingerprint density at radius 3 is 2.88 bits per heavy atom. The monoisotopic (exact) mass is 257 g/mol. The van der Waals surface area contributed by atoms with Gasteiger partial charge in [0.25, 0.3) is 0 Å². The second-order valence-electron chi connectivity index (χ2n) is 4.35. The van der Waals surface area contributed by atoms with Crippen molar-refractivity contribution >= 4 is 23.1 Å². The van der Waals surface area contributed by atoms with Gasteiger partial charge in [-0.1, -0.05) is 0 Å². The highest BCUT2D eigenvalue weighted by atomic mass is 32.2. The Kier molecular flexibility index (Phi) is 4.24. The highest BCUT2D eigenvalue weighted by Crippen LogP contribution is 2.28. The molecular formula is C11H19N3S2. The summed E-state index contributed by atoms with van der Waals surface area (Å²) in [6, 6.07) is 0.389. The van der Waals surface area contributed by atoms with Crippen molar-refractivity contribution < 1.29 is 0 Å². The molecule has 1 fully saturated rings. The van der Waals surface area contributed by atoms with Crippen LogP contribution in [0.25, 0.3) is 0 Å². The minimum atomic E-state index is 0.389. The molecule has 2 rings (SSSR count). The lowest BCUT2D eigenvalue weighted by molar-refractivity contribution is 0.385. The number of hydrogen-bond donors (Lipinski definition) is 2. The van der Waals surface area contributed by atoms with Gasteiger partial charge in [0.15, 0.2) is 0 Å². The summed E-state index contributed by atoms with van der Waals surface area (Å²) in [6.07, 6.45) is 2.25. The lowest BCUT2D eigenvalue weighted by Crippen LogP contribution is -2.42. The molecule has 1 aliphatic heterocycles. The van der Waals surface area contributed by atoms with Gasteiger partial charge in [-0.25, -0.2) is 4.98 Å². The summed E-state index contributed by atoms with van der Waals surface area (Å²) in [4.78, 5) is 5.91. The maximum atomic E-state index is 5.66. The van der Waals surface area contributed by atoms with Gasteiger partial charge in [0.1, 0.15) is 0 Å². The molecule has 2 atom stereocenters. The number of hydrogen-bond acceptors (Lipinski definition) is 5. The van der Waals surface area contributed by atoms with E-state index in [0.717, 1.165) is 12.1 Å². The third-order valence-electron chi connectivity index (χ3n) is 3.22. The topological polar surface area (TPSA) is 50.9 Å². The molecule has 0 saturated carbocycles. The number of thiazole rings is 1. The van der Waals surface area contributed by atoms with E-state index in [1.54, 1.807) is 11.3 Å². The molecule has 3 nitrogen and oxygen atoms in total. The summed E-state index contributed by atoms with van der Waals surface area (Å²) < 4.78 is 0. The molecule has 0 aromatic carbocycles. The van der Waals surface area contributed by atoms with E-state index >= 15 is 0 Å². The number of nitrogens with two attached hydrogens (primary N) is 1.